The highest BCUT2D eigenvalue weighted by molar-refractivity contribution is 8.13. The molecule has 0 heterocycles. The number of hydrogen-bond acceptors (Lipinski definition) is 4. The minimum absolute atomic E-state index is 0.0260. The average Bonchev–Trinajstić information content (AvgIpc) is 2.46. The van der Waals surface area contributed by atoms with Crippen molar-refractivity contribution >= 4 is 27.6 Å². The summed E-state index contributed by atoms with van der Waals surface area (Å²) >= 11 is 1.17. The largest absolute Gasteiger partial charge is 0.390 e. The number of aliphatic hydroxyl groups excluding tert-OH is 2. The molecule has 2 rings (SSSR count). The van der Waals surface area contributed by atoms with E-state index in [0.717, 1.165) is 21.9 Å². The molecule has 112 valence electrons. The summed E-state index contributed by atoms with van der Waals surface area (Å²) in [7, 11) is 0. The van der Waals surface area contributed by atoms with Crippen molar-refractivity contribution in [2.45, 2.75) is 32.5 Å². The molecule has 0 aliphatic rings. The zero-order valence-corrected chi connectivity index (χ0v) is 13.1. The van der Waals surface area contributed by atoms with Crippen molar-refractivity contribution < 1.29 is 15.0 Å². The molecule has 2 atom stereocenters. The van der Waals surface area contributed by atoms with Crippen LogP contribution in [-0.2, 0) is 4.79 Å². The monoisotopic (exact) mass is 304 g/mol. The highest BCUT2D eigenvalue weighted by Crippen LogP contribution is 2.30. The van der Waals surface area contributed by atoms with E-state index in [0.29, 0.717) is 12.2 Å². The molecule has 0 saturated heterocycles. The number of hydrogen-bond donors (Lipinski definition) is 2. The van der Waals surface area contributed by atoms with Gasteiger partial charge in [-0.25, -0.2) is 0 Å². The maximum Gasteiger partial charge on any atom is 0.185 e. The second-order valence-electron chi connectivity index (χ2n) is 5.16. The Balaban J connectivity index is 2.24. The molecule has 0 aliphatic heterocycles. The third-order valence-electron chi connectivity index (χ3n) is 3.57. The fourth-order valence-electron chi connectivity index (χ4n) is 2.47. The molecule has 0 aliphatic carbocycles. The molecule has 3 nitrogen and oxygen atoms in total. The summed E-state index contributed by atoms with van der Waals surface area (Å²) in [6.45, 7) is 3.43. The van der Waals surface area contributed by atoms with Gasteiger partial charge in [0.1, 0.15) is 6.10 Å². The van der Waals surface area contributed by atoms with E-state index in [1.165, 1.54) is 18.7 Å². The van der Waals surface area contributed by atoms with Gasteiger partial charge in [-0.3, -0.25) is 4.79 Å². The van der Waals surface area contributed by atoms with E-state index >= 15 is 0 Å². The Morgan fingerprint density at radius 3 is 2.62 bits per heavy atom. The van der Waals surface area contributed by atoms with Crippen molar-refractivity contribution in [1.29, 1.82) is 0 Å². The van der Waals surface area contributed by atoms with Crippen LogP contribution in [0.4, 0.5) is 0 Å². The van der Waals surface area contributed by atoms with E-state index in [2.05, 4.69) is 0 Å². The Morgan fingerprint density at radius 2 is 1.90 bits per heavy atom. The average molecular weight is 304 g/mol. The third kappa shape index (κ3) is 3.84. The van der Waals surface area contributed by atoms with Gasteiger partial charge < -0.3 is 10.2 Å². The molecule has 0 aromatic heterocycles. The number of thioether (sulfide) groups is 1. The summed E-state index contributed by atoms with van der Waals surface area (Å²) in [5.41, 5.74) is 1.73. The predicted molar refractivity (Wildman–Crippen MR) is 87.4 cm³/mol. The number of benzene rings is 2. The first-order valence-corrected chi connectivity index (χ1v) is 7.97. The third-order valence-corrected chi connectivity index (χ3v) is 4.41. The first-order chi connectivity index (χ1) is 10.0. The minimum Gasteiger partial charge on any atom is -0.390 e. The molecule has 0 bridgehead atoms. The lowest BCUT2D eigenvalue weighted by Crippen LogP contribution is -2.20. The number of rotatable bonds is 5. The summed E-state index contributed by atoms with van der Waals surface area (Å²) < 4.78 is 0. The fraction of sp³-hybridized carbons (Fsp3) is 0.353. The van der Waals surface area contributed by atoms with Crippen LogP contribution in [0.3, 0.4) is 0 Å². The summed E-state index contributed by atoms with van der Waals surface area (Å²) in [6, 6.07) is 11.8. The molecule has 0 fully saturated rings. The van der Waals surface area contributed by atoms with Crippen molar-refractivity contribution in [2.75, 3.05) is 5.75 Å². The maximum atomic E-state index is 10.9. The van der Waals surface area contributed by atoms with E-state index in [9.17, 15) is 15.0 Å². The zero-order chi connectivity index (χ0) is 15.4. The van der Waals surface area contributed by atoms with Crippen molar-refractivity contribution in [3.05, 3.63) is 47.5 Å². The van der Waals surface area contributed by atoms with Crippen molar-refractivity contribution in [3.63, 3.8) is 0 Å². The van der Waals surface area contributed by atoms with Gasteiger partial charge in [0.15, 0.2) is 5.12 Å². The summed E-state index contributed by atoms with van der Waals surface area (Å²) in [5, 5.41) is 22.7. The van der Waals surface area contributed by atoms with Crippen LogP contribution in [0.25, 0.3) is 10.8 Å². The van der Waals surface area contributed by atoms with E-state index in [-0.39, 0.29) is 5.12 Å². The Morgan fingerprint density at radius 1 is 1.19 bits per heavy atom. The smallest absolute Gasteiger partial charge is 0.185 e. The molecule has 2 aromatic rings. The van der Waals surface area contributed by atoms with Crippen molar-refractivity contribution in [1.82, 2.24) is 0 Å². The van der Waals surface area contributed by atoms with Crippen LogP contribution >= 0.6 is 11.8 Å². The number of aliphatic hydroxyl groups is 2. The number of carbonyl (C=O) groups is 1. The summed E-state index contributed by atoms with van der Waals surface area (Å²) in [4.78, 5) is 10.9. The molecule has 0 amide bonds. The molecule has 2 aromatic carbocycles. The predicted octanol–water partition coefficient (Wildman–Crippen LogP) is 3.21. The second-order valence-corrected chi connectivity index (χ2v) is 6.43. The molecular formula is C17H20O3S. The normalized spacial score (nSPS) is 14.1. The standard InChI is InChI=1S/C17H20O3S/c1-11-7-8-13-5-3-4-6-14(13)16(11)17(20)15(19)9-10-21-12(2)18/h3-8,15,17,19-20H,9-10H2,1-2H3. The van der Waals surface area contributed by atoms with Crippen LogP contribution < -0.4 is 0 Å². The van der Waals surface area contributed by atoms with Crippen LogP contribution in [-0.4, -0.2) is 27.2 Å². The van der Waals surface area contributed by atoms with Gasteiger partial charge in [0, 0.05) is 12.7 Å². The van der Waals surface area contributed by atoms with E-state index in [1.54, 1.807) is 0 Å². The van der Waals surface area contributed by atoms with Gasteiger partial charge in [-0.2, -0.15) is 0 Å². The van der Waals surface area contributed by atoms with Gasteiger partial charge in [-0.1, -0.05) is 48.2 Å². The Bertz CT molecular complexity index is 639. The highest BCUT2D eigenvalue weighted by Gasteiger charge is 2.22. The lowest BCUT2D eigenvalue weighted by molar-refractivity contribution is -0.109. The van der Waals surface area contributed by atoms with Gasteiger partial charge in [0.2, 0.25) is 0 Å². The topological polar surface area (TPSA) is 57.5 Å². The van der Waals surface area contributed by atoms with Crippen LogP contribution in [0.2, 0.25) is 0 Å². The number of aryl methyl sites for hydroxylation is 1. The molecule has 2 N–H and O–H groups in total. The molecular weight excluding hydrogens is 284 g/mol. The molecule has 0 saturated carbocycles. The SMILES string of the molecule is CC(=O)SCCC(O)C(O)c1c(C)ccc2ccccc12. The van der Waals surface area contributed by atoms with Crippen LogP contribution in [0.5, 0.6) is 0 Å². The summed E-state index contributed by atoms with van der Waals surface area (Å²) in [6.07, 6.45) is -1.43. The van der Waals surface area contributed by atoms with Gasteiger partial charge >= 0.3 is 0 Å². The summed E-state index contributed by atoms with van der Waals surface area (Å²) in [5.74, 6) is 0.511. The Hall–Kier alpha value is -1.36. The number of carbonyl (C=O) groups excluding carboxylic acids is 1. The first kappa shape index (κ1) is 16.0. The molecule has 0 spiro atoms. The van der Waals surface area contributed by atoms with Crippen LogP contribution in [0.15, 0.2) is 36.4 Å². The van der Waals surface area contributed by atoms with E-state index in [1.807, 2.05) is 43.3 Å². The molecule has 21 heavy (non-hydrogen) atoms. The molecule has 0 radical (unpaired) electrons. The van der Waals surface area contributed by atoms with E-state index < -0.39 is 12.2 Å². The Kier molecular flexibility index (Phi) is 5.39. The second kappa shape index (κ2) is 7.07. The molecule has 2 unspecified atom stereocenters. The minimum atomic E-state index is -0.941. The van der Waals surface area contributed by atoms with Crippen LogP contribution in [0, 0.1) is 6.92 Å². The Labute approximate surface area is 129 Å². The fourth-order valence-corrected chi connectivity index (χ4v) is 3.12. The van der Waals surface area contributed by atoms with Gasteiger partial charge in [-0.15, -0.1) is 0 Å². The van der Waals surface area contributed by atoms with Gasteiger partial charge in [0.25, 0.3) is 0 Å². The van der Waals surface area contributed by atoms with Gasteiger partial charge in [0.05, 0.1) is 6.10 Å². The maximum absolute atomic E-state index is 10.9. The van der Waals surface area contributed by atoms with Crippen molar-refractivity contribution in [2.24, 2.45) is 0 Å². The lowest BCUT2D eigenvalue weighted by Gasteiger charge is -2.21. The van der Waals surface area contributed by atoms with Crippen molar-refractivity contribution in [3.8, 4) is 0 Å². The van der Waals surface area contributed by atoms with Crippen LogP contribution in [0.1, 0.15) is 30.6 Å². The number of fused-ring (bicyclic) bond motifs is 1. The molecule has 4 heteroatoms. The van der Waals surface area contributed by atoms with Gasteiger partial charge in [-0.05, 0) is 35.2 Å². The quantitative estimate of drug-likeness (QED) is 0.890. The van der Waals surface area contributed by atoms with E-state index in [4.69, 9.17) is 0 Å². The zero-order valence-electron chi connectivity index (χ0n) is 12.2. The highest BCUT2D eigenvalue weighted by atomic mass is 32.2. The lowest BCUT2D eigenvalue weighted by atomic mass is 9.92. The first-order valence-electron chi connectivity index (χ1n) is 6.98.